The number of benzene rings is 3. The van der Waals surface area contributed by atoms with E-state index >= 15 is 0 Å². The van der Waals surface area contributed by atoms with Crippen LogP contribution in [0.3, 0.4) is 0 Å². The monoisotopic (exact) mass is 488 g/mol. The smallest absolute Gasteiger partial charge is 0.376 e. The summed E-state index contributed by atoms with van der Waals surface area (Å²) in [5.74, 6) is -0.744. The van der Waals surface area contributed by atoms with Crippen LogP contribution in [-0.4, -0.2) is 13.9 Å². The summed E-state index contributed by atoms with van der Waals surface area (Å²) in [5.41, 5.74) is -9.37. The second kappa shape index (κ2) is 7.57. The Morgan fingerprint density at radius 1 is 0.594 bits per heavy atom. The fourth-order valence-electron chi connectivity index (χ4n) is 2.75. The Labute approximate surface area is 174 Å². The van der Waals surface area contributed by atoms with Crippen molar-refractivity contribution in [1.29, 1.82) is 0 Å². The molecule has 3 nitrogen and oxygen atoms in total. The molecule has 13 heteroatoms. The van der Waals surface area contributed by atoms with Gasteiger partial charge in [0.25, 0.3) is 0 Å². The van der Waals surface area contributed by atoms with Gasteiger partial charge in [-0.2, -0.15) is 47.9 Å². The van der Waals surface area contributed by atoms with Gasteiger partial charge in [-0.05, 0) is 58.3 Å². The van der Waals surface area contributed by atoms with Crippen molar-refractivity contribution in [2.75, 3.05) is 0 Å². The minimum absolute atomic E-state index is 0.0170. The molecule has 32 heavy (non-hydrogen) atoms. The Balaban J connectivity index is 2.12. The third kappa shape index (κ3) is 4.92. The Morgan fingerprint density at radius 3 is 1.62 bits per heavy atom. The molecule has 0 fully saturated rings. The van der Waals surface area contributed by atoms with Crippen LogP contribution in [0.15, 0.2) is 54.6 Å². The summed E-state index contributed by atoms with van der Waals surface area (Å²) in [6.45, 7) is 0. The summed E-state index contributed by atoms with van der Waals surface area (Å²) in [6.07, 6.45) is -10.1. The van der Waals surface area contributed by atoms with Gasteiger partial charge in [-0.1, -0.05) is 18.2 Å². The zero-order chi connectivity index (χ0) is 24.1. The van der Waals surface area contributed by atoms with E-state index in [-0.39, 0.29) is 17.0 Å². The molecule has 0 N–H and O–H groups in total. The van der Waals surface area contributed by atoms with Gasteiger partial charge < -0.3 is 4.18 Å². The predicted molar refractivity (Wildman–Crippen MR) is 95.0 cm³/mol. The topological polar surface area (TPSA) is 43.4 Å². The molecule has 0 atom stereocenters. The Kier molecular flexibility index (Phi) is 5.61. The molecule has 0 unspecified atom stereocenters. The van der Waals surface area contributed by atoms with Crippen molar-refractivity contribution in [3.05, 3.63) is 65.7 Å². The molecule has 0 bridgehead atoms. The fourth-order valence-corrected chi connectivity index (χ4v) is 3.20. The highest BCUT2D eigenvalue weighted by molar-refractivity contribution is 7.88. The van der Waals surface area contributed by atoms with Crippen LogP contribution in [0, 0.1) is 0 Å². The summed E-state index contributed by atoms with van der Waals surface area (Å²) in [4.78, 5) is 0. The number of halogens is 9. The van der Waals surface area contributed by atoms with Crippen LogP contribution < -0.4 is 4.18 Å². The molecule has 0 radical (unpaired) electrons. The van der Waals surface area contributed by atoms with Gasteiger partial charge in [0.1, 0.15) is 5.75 Å². The molecule has 0 aliphatic rings. The first-order chi connectivity index (χ1) is 14.5. The van der Waals surface area contributed by atoms with Crippen molar-refractivity contribution in [2.24, 2.45) is 0 Å². The summed E-state index contributed by atoms with van der Waals surface area (Å²) >= 11 is 0. The molecule has 0 saturated carbocycles. The van der Waals surface area contributed by atoms with Crippen molar-refractivity contribution in [2.45, 2.75) is 17.9 Å². The van der Waals surface area contributed by atoms with E-state index in [4.69, 9.17) is 0 Å². The van der Waals surface area contributed by atoms with Crippen molar-refractivity contribution in [3.8, 4) is 16.9 Å². The summed E-state index contributed by atoms with van der Waals surface area (Å²) in [5, 5.41) is 0.330. The van der Waals surface area contributed by atoms with Crippen molar-refractivity contribution in [1.82, 2.24) is 0 Å². The highest BCUT2D eigenvalue weighted by Crippen LogP contribution is 2.39. The lowest BCUT2D eigenvalue weighted by molar-refractivity contribution is -0.143. The number of hydrogen-bond donors (Lipinski definition) is 0. The molecule has 0 saturated heterocycles. The number of alkyl halides is 9. The van der Waals surface area contributed by atoms with Crippen LogP contribution >= 0.6 is 0 Å². The summed E-state index contributed by atoms with van der Waals surface area (Å²) < 4.78 is 142. The summed E-state index contributed by atoms with van der Waals surface area (Å²) in [7, 11) is -5.98. The second-order valence-corrected chi connectivity index (χ2v) is 8.04. The minimum Gasteiger partial charge on any atom is -0.376 e. The van der Waals surface area contributed by atoms with Gasteiger partial charge in [0.15, 0.2) is 0 Å². The lowest BCUT2D eigenvalue weighted by Crippen LogP contribution is -2.28. The van der Waals surface area contributed by atoms with Gasteiger partial charge in [0.2, 0.25) is 0 Å². The number of rotatable bonds is 3. The lowest BCUT2D eigenvalue weighted by Gasteiger charge is -2.15. The van der Waals surface area contributed by atoms with Gasteiger partial charge in [-0.25, -0.2) is 0 Å². The molecular weight excluding hydrogens is 479 g/mol. The van der Waals surface area contributed by atoms with E-state index in [0.717, 1.165) is 18.2 Å². The van der Waals surface area contributed by atoms with Gasteiger partial charge in [-0.3, -0.25) is 0 Å². The molecule has 3 aromatic rings. The van der Waals surface area contributed by atoms with E-state index in [9.17, 15) is 47.9 Å². The van der Waals surface area contributed by atoms with Gasteiger partial charge in [0.05, 0.1) is 11.1 Å². The van der Waals surface area contributed by atoms with E-state index in [2.05, 4.69) is 4.18 Å². The third-order valence-corrected chi connectivity index (χ3v) is 5.20. The molecule has 0 heterocycles. The predicted octanol–water partition coefficient (Wildman–Crippen LogP) is 6.77. The Hall–Kier alpha value is -2.96. The van der Waals surface area contributed by atoms with Crippen LogP contribution in [0.1, 0.15) is 11.1 Å². The molecule has 172 valence electrons. The van der Waals surface area contributed by atoms with Crippen molar-refractivity contribution in [3.63, 3.8) is 0 Å². The van der Waals surface area contributed by atoms with Crippen LogP contribution in [0.5, 0.6) is 5.75 Å². The molecule has 0 aliphatic carbocycles. The fraction of sp³-hybridized carbons (Fsp3) is 0.158. The summed E-state index contributed by atoms with van der Waals surface area (Å²) in [6, 6.07) is 7.49. The number of hydrogen-bond acceptors (Lipinski definition) is 3. The Bertz CT molecular complexity index is 1240. The third-order valence-electron chi connectivity index (χ3n) is 4.22. The SMILES string of the molecule is O=S(=O)(Oc1ccc2ccc(-c3cc(C(F)(F)F)cc(C(F)(F)F)c3)cc2c1)C(F)(F)F. The second-order valence-electron chi connectivity index (χ2n) is 6.50. The lowest BCUT2D eigenvalue weighted by atomic mass is 9.97. The van der Waals surface area contributed by atoms with Crippen LogP contribution in [0.25, 0.3) is 21.9 Å². The average Bonchev–Trinajstić information content (AvgIpc) is 2.64. The molecule has 3 aromatic carbocycles. The quantitative estimate of drug-likeness (QED) is 0.232. The maximum absolute atomic E-state index is 13.1. The van der Waals surface area contributed by atoms with Crippen LogP contribution in [0.4, 0.5) is 39.5 Å². The number of fused-ring (bicyclic) bond motifs is 1. The highest BCUT2D eigenvalue weighted by atomic mass is 32.2. The normalized spacial score (nSPS) is 13.4. The van der Waals surface area contributed by atoms with Gasteiger partial charge in [0, 0.05) is 0 Å². The average molecular weight is 488 g/mol. The molecule has 0 aromatic heterocycles. The standard InChI is InChI=1S/C19H9F9O3S/c20-17(21,22)14-6-13(7-15(9-14)18(23,24)25)11-2-1-10-3-4-16(8-12(10)5-11)31-32(29,30)19(26,27)28/h1-9H. The van der Waals surface area contributed by atoms with E-state index in [1.165, 1.54) is 18.2 Å². The van der Waals surface area contributed by atoms with Gasteiger partial charge >= 0.3 is 28.0 Å². The van der Waals surface area contributed by atoms with Crippen LogP contribution in [-0.2, 0) is 22.5 Å². The van der Waals surface area contributed by atoms with E-state index < -0.39 is 50.4 Å². The maximum atomic E-state index is 13.1. The molecule has 0 amide bonds. The highest BCUT2D eigenvalue weighted by Gasteiger charge is 2.48. The molecule has 0 aliphatic heterocycles. The maximum Gasteiger partial charge on any atom is 0.534 e. The van der Waals surface area contributed by atoms with E-state index in [1.807, 2.05) is 0 Å². The first-order valence-corrected chi connectivity index (χ1v) is 9.73. The van der Waals surface area contributed by atoms with E-state index in [0.29, 0.717) is 17.5 Å². The first-order valence-electron chi connectivity index (χ1n) is 8.32. The largest absolute Gasteiger partial charge is 0.534 e. The van der Waals surface area contributed by atoms with Crippen molar-refractivity contribution < 1.29 is 52.1 Å². The van der Waals surface area contributed by atoms with Gasteiger partial charge in [-0.15, -0.1) is 0 Å². The first kappa shape index (κ1) is 23.7. The molecular formula is C19H9F9O3S. The minimum atomic E-state index is -5.98. The van der Waals surface area contributed by atoms with Crippen molar-refractivity contribution >= 4 is 20.9 Å². The molecule has 0 spiro atoms. The van der Waals surface area contributed by atoms with Crippen LogP contribution in [0.2, 0.25) is 0 Å². The van der Waals surface area contributed by atoms with E-state index in [1.54, 1.807) is 0 Å². The zero-order valence-corrected chi connectivity index (χ0v) is 16.0. The molecule has 3 rings (SSSR count). The zero-order valence-electron chi connectivity index (χ0n) is 15.2. The Morgan fingerprint density at radius 2 is 1.12 bits per heavy atom.